The van der Waals surface area contributed by atoms with Crippen LogP contribution in [-0.4, -0.2) is 10.9 Å². The monoisotopic (exact) mass is 426 g/mol. The van der Waals surface area contributed by atoms with Gasteiger partial charge in [-0.1, -0.05) is 24.4 Å². The highest BCUT2D eigenvalue weighted by atomic mass is 79.9. The van der Waals surface area contributed by atoms with Crippen molar-refractivity contribution >= 4 is 60.7 Å². The standard InChI is InChI=1S/C15H12Br2N2OS/c1-8-6-11(16)13(12(17)7-8)19-15(20)10-4-2-9(3-5-10)14(18)21/h2-7H,1H3,(H2,18,21)(H,19,20). The Morgan fingerprint density at radius 1 is 1.10 bits per heavy atom. The Bertz CT molecular complexity index is 691. The predicted octanol–water partition coefficient (Wildman–Crippen LogP) is 4.41. The second-order valence-corrected chi connectivity index (χ2v) is 6.65. The van der Waals surface area contributed by atoms with E-state index in [1.165, 1.54) is 0 Å². The molecule has 108 valence electrons. The van der Waals surface area contributed by atoms with Gasteiger partial charge in [0.2, 0.25) is 0 Å². The van der Waals surface area contributed by atoms with Gasteiger partial charge >= 0.3 is 0 Å². The van der Waals surface area contributed by atoms with Crippen molar-refractivity contribution < 1.29 is 4.79 Å². The number of rotatable bonds is 3. The molecule has 21 heavy (non-hydrogen) atoms. The zero-order chi connectivity index (χ0) is 15.6. The maximum atomic E-state index is 12.3. The van der Waals surface area contributed by atoms with Crippen molar-refractivity contribution in [3.05, 3.63) is 62.0 Å². The molecular formula is C15H12Br2N2OS. The van der Waals surface area contributed by atoms with Crippen LogP contribution in [0.15, 0.2) is 45.3 Å². The Kier molecular flexibility index (Phi) is 5.13. The third-order valence-corrected chi connectivity index (χ3v) is 4.34. The summed E-state index contributed by atoms with van der Waals surface area (Å²) in [7, 11) is 0. The molecule has 2 aromatic carbocycles. The van der Waals surface area contributed by atoms with E-state index in [-0.39, 0.29) is 5.91 Å². The fourth-order valence-corrected chi connectivity index (χ4v) is 3.54. The highest BCUT2D eigenvalue weighted by Gasteiger charge is 2.12. The molecule has 0 atom stereocenters. The minimum Gasteiger partial charge on any atom is -0.389 e. The van der Waals surface area contributed by atoms with Crippen LogP contribution in [0.5, 0.6) is 0 Å². The number of carbonyl (C=O) groups excluding carboxylic acids is 1. The van der Waals surface area contributed by atoms with Gasteiger partial charge in [-0.05, 0) is 68.6 Å². The zero-order valence-electron chi connectivity index (χ0n) is 11.1. The first-order chi connectivity index (χ1) is 9.88. The normalized spacial score (nSPS) is 10.2. The van der Waals surface area contributed by atoms with Crippen molar-refractivity contribution in [2.45, 2.75) is 6.92 Å². The second-order valence-electron chi connectivity index (χ2n) is 4.50. The van der Waals surface area contributed by atoms with Gasteiger partial charge in [0.15, 0.2) is 0 Å². The number of aryl methyl sites for hydroxylation is 1. The first-order valence-electron chi connectivity index (χ1n) is 6.05. The van der Waals surface area contributed by atoms with E-state index in [9.17, 15) is 4.79 Å². The molecule has 0 saturated heterocycles. The quantitative estimate of drug-likeness (QED) is 0.713. The summed E-state index contributed by atoms with van der Waals surface area (Å²) in [6.07, 6.45) is 0. The van der Waals surface area contributed by atoms with Crippen molar-refractivity contribution in [1.82, 2.24) is 0 Å². The molecule has 0 aliphatic carbocycles. The number of halogens is 2. The van der Waals surface area contributed by atoms with Gasteiger partial charge in [-0.25, -0.2) is 0 Å². The third kappa shape index (κ3) is 3.90. The van der Waals surface area contributed by atoms with Crippen LogP contribution in [0.3, 0.4) is 0 Å². The van der Waals surface area contributed by atoms with E-state index in [0.29, 0.717) is 16.2 Å². The van der Waals surface area contributed by atoms with Crippen LogP contribution >= 0.6 is 44.1 Å². The summed E-state index contributed by atoms with van der Waals surface area (Å²) in [5.41, 5.74) is 8.60. The molecule has 0 aromatic heterocycles. The topological polar surface area (TPSA) is 55.1 Å². The molecule has 0 spiro atoms. The maximum absolute atomic E-state index is 12.3. The van der Waals surface area contributed by atoms with Crippen LogP contribution in [-0.2, 0) is 0 Å². The fourth-order valence-electron chi connectivity index (χ4n) is 1.79. The molecule has 2 aromatic rings. The highest BCUT2D eigenvalue weighted by molar-refractivity contribution is 9.11. The number of hydrogen-bond acceptors (Lipinski definition) is 2. The minimum absolute atomic E-state index is 0.199. The van der Waals surface area contributed by atoms with Crippen LogP contribution in [0.4, 0.5) is 5.69 Å². The maximum Gasteiger partial charge on any atom is 0.255 e. The molecule has 0 unspecified atom stereocenters. The van der Waals surface area contributed by atoms with Crippen LogP contribution in [0, 0.1) is 6.92 Å². The van der Waals surface area contributed by atoms with E-state index in [0.717, 1.165) is 20.1 Å². The Morgan fingerprint density at radius 2 is 1.57 bits per heavy atom. The van der Waals surface area contributed by atoms with Crippen molar-refractivity contribution in [2.75, 3.05) is 5.32 Å². The molecule has 0 heterocycles. The average molecular weight is 428 g/mol. The Balaban J connectivity index is 2.24. The smallest absolute Gasteiger partial charge is 0.255 e. The molecule has 0 aliphatic heterocycles. The molecule has 2 rings (SSSR count). The summed E-state index contributed by atoms with van der Waals surface area (Å²) in [4.78, 5) is 12.6. The number of carbonyl (C=O) groups is 1. The molecule has 1 amide bonds. The van der Waals surface area contributed by atoms with Crippen molar-refractivity contribution in [2.24, 2.45) is 5.73 Å². The number of nitrogens with two attached hydrogens (primary N) is 1. The Morgan fingerprint density at radius 3 is 2.05 bits per heavy atom. The van der Waals surface area contributed by atoms with Gasteiger partial charge in [-0.2, -0.15) is 0 Å². The summed E-state index contributed by atoms with van der Waals surface area (Å²) in [5.74, 6) is -0.199. The number of benzene rings is 2. The summed E-state index contributed by atoms with van der Waals surface area (Å²) >= 11 is 11.8. The van der Waals surface area contributed by atoms with E-state index < -0.39 is 0 Å². The molecule has 6 heteroatoms. The van der Waals surface area contributed by atoms with Gasteiger partial charge in [0.05, 0.1) is 5.69 Å². The lowest BCUT2D eigenvalue weighted by molar-refractivity contribution is 0.102. The molecule has 3 N–H and O–H groups in total. The zero-order valence-corrected chi connectivity index (χ0v) is 15.1. The van der Waals surface area contributed by atoms with Gasteiger partial charge in [-0.15, -0.1) is 0 Å². The van der Waals surface area contributed by atoms with Crippen LogP contribution in [0.1, 0.15) is 21.5 Å². The molecule has 3 nitrogen and oxygen atoms in total. The highest BCUT2D eigenvalue weighted by Crippen LogP contribution is 2.32. The van der Waals surface area contributed by atoms with Crippen molar-refractivity contribution in [1.29, 1.82) is 0 Å². The van der Waals surface area contributed by atoms with Gasteiger partial charge in [-0.3, -0.25) is 4.79 Å². The van der Waals surface area contributed by atoms with E-state index in [1.54, 1.807) is 24.3 Å². The van der Waals surface area contributed by atoms with E-state index >= 15 is 0 Å². The first-order valence-corrected chi connectivity index (χ1v) is 8.05. The van der Waals surface area contributed by atoms with Crippen molar-refractivity contribution in [3.8, 4) is 0 Å². The van der Waals surface area contributed by atoms with Crippen molar-refractivity contribution in [3.63, 3.8) is 0 Å². The summed E-state index contributed by atoms with van der Waals surface area (Å²) in [6, 6.07) is 10.7. The van der Waals surface area contributed by atoms with Gasteiger partial charge in [0.25, 0.3) is 5.91 Å². The van der Waals surface area contributed by atoms with Crippen LogP contribution in [0.2, 0.25) is 0 Å². The second kappa shape index (κ2) is 6.68. The first kappa shape index (κ1) is 16.1. The lowest BCUT2D eigenvalue weighted by Crippen LogP contribution is -2.14. The molecule has 0 radical (unpaired) electrons. The minimum atomic E-state index is -0.199. The van der Waals surface area contributed by atoms with Gasteiger partial charge < -0.3 is 11.1 Å². The summed E-state index contributed by atoms with van der Waals surface area (Å²) < 4.78 is 1.64. The molecule has 0 fully saturated rings. The largest absolute Gasteiger partial charge is 0.389 e. The number of amides is 1. The molecular weight excluding hydrogens is 416 g/mol. The summed E-state index contributed by atoms with van der Waals surface area (Å²) in [5, 5.41) is 2.87. The lowest BCUT2D eigenvalue weighted by Gasteiger charge is -2.11. The number of anilines is 1. The average Bonchev–Trinajstić information content (AvgIpc) is 2.42. The lowest BCUT2D eigenvalue weighted by atomic mass is 10.1. The molecule has 0 bridgehead atoms. The van der Waals surface area contributed by atoms with E-state index in [2.05, 4.69) is 37.2 Å². The van der Waals surface area contributed by atoms with E-state index in [4.69, 9.17) is 18.0 Å². The summed E-state index contributed by atoms with van der Waals surface area (Å²) in [6.45, 7) is 1.98. The van der Waals surface area contributed by atoms with Gasteiger partial charge in [0.1, 0.15) is 4.99 Å². The van der Waals surface area contributed by atoms with Gasteiger partial charge in [0, 0.05) is 20.1 Å². The SMILES string of the molecule is Cc1cc(Br)c(NC(=O)c2ccc(C(N)=S)cc2)c(Br)c1. The number of nitrogens with one attached hydrogen (secondary N) is 1. The Hall–Kier alpha value is -1.24. The molecule has 0 saturated carbocycles. The molecule has 0 aliphatic rings. The van der Waals surface area contributed by atoms with Crippen LogP contribution in [0.25, 0.3) is 0 Å². The number of thiocarbonyl (C=S) groups is 1. The predicted molar refractivity (Wildman–Crippen MR) is 96.9 cm³/mol. The Labute approximate surface area is 145 Å². The number of hydrogen-bond donors (Lipinski definition) is 2. The van der Waals surface area contributed by atoms with E-state index in [1.807, 2.05) is 19.1 Å². The third-order valence-electron chi connectivity index (χ3n) is 2.86. The fraction of sp³-hybridized carbons (Fsp3) is 0.0667. The van der Waals surface area contributed by atoms with Crippen LogP contribution < -0.4 is 11.1 Å².